The van der Waals surface area contributed by atoms with Crippen LogP contribution in [0.1, 0.15) is 5.56 Å². The molecule has 0 saturated carbocycles. The first-order valence-electron chi connectivity index (χ1n) is 6.43. The van der Waals surface area contributed by atoms with Crippen LogP contribution < -0.4 is 5.73 Å². The molecule has 0 radical (unpaired) electrons. The average Bonchev–Trinajstić information content (AvgIpc) is 2.40. The van der Waals surface area contributed by atoms with Gasteiger partial charge in [0, 0.05) is 26.2 Å². The number of rotatable bonds is 3. The van der Waals surface area contributed by atoms with Crippen LogP contribution in [-0.2, 0) is 11.2 Å². The second kappa shape index (κ2) is 5.98. The summed E-state index contributed by atoms with van der Waals surface area (Å²) in [6, 6.07) is 9.52. The Morgan fingerprint density at radius 2 is 1.83 bits per heavy atom. The Balaban J connectivity index is 1.89. The molecule has 1 amide bonds. The van der Waals surface area contributed by atoms with Gasteiger partial charge < -0.3 is 15.5 Å². The van der Waals surface area contributed by atoms with Crippen molar-refractivity contribution in [3.63, 3.8) is 0 Å². The van der Waals surface area contributed by atoms with Crippen LogP contribution >= 0.6 is 0 Å². The summed E-state index contributed by atoms with van der Waals surface area (Å²) in [5.41, 5.74) is 7.13. The van der Waals surface area contributed by atoms with E-state index in [1.54, 1.807) is 0 Å². The molecule has 18 heavy (non-hydrogen) atoms. The van der Waals surface area contributed by atoms with Crippen molar-refractivity contribution < 1.29 is 4.79 Å². The van der Waals surface area contributed by atoms with E-state index < -0.39 is 6.04 Å². The molecule has 0 bridgehead atoms. The molecule has 2 N–H and O–H groups in total. The van der Waals surface area contributed by atoms with Gasteiger partial charge in [-0.15, -0.1) is 0 Å². The number of nitrogens with two attached hydrogens (primary N) is 1. The van der Waals surface area contributed by atoms with Crippen LogP contribution in [0.25, 0.3) is 0 Å². The van der Waals surface area contributed by atoms with E-state index in [1.165, 1.54) is 0 Å². The molecule has 1 atom stereocenters. The second-order valence-corrected chi connectivity index (χ2v) is 4.92. The third kappa shape index (κ3) is 3.31. The zero-order valence-corrected chi connectivity index (χ0v) is 10.9. The highest BCUT2D eigenvalue weighted by Gasteiger charge is 2.23. The zero-order chi connectivity index (χ0) is 13.0. The second-order valence-electron chi connectivity index (χ2n) is 4.92. The molecule has 1 aromatic carbocycles. The minimum atomic E-state index is -0.421. The van der Waals surface area contributed by atoms with Crippen molar-refractivity contribution in [3.8, 4) is 0 Å². The molecule has 2 rings (SSSR count). The highest BCUT2D eigenvalue weighted by Crippen LogP contribution is 2.06. The summed E-state index contributed by atoms with van der Waals surface area (Å²) in [6.07, 6.45) is 0.617. The summed E-state index contributed by atoms with van der Waals surface area (Å²) >= 11 is 0. The smallest absolute Gasteiger partial charge is 0.239 e. The third-order valence-electron chi connectivity index (χ3n) is 3.43. The van der Waals surface area contributed by atoms with Gasteiger partial charge in [0.25, 0.3) is 0 Å². The summed E-state index contributed by atoms with van der Waals surface area (Å²) < 4.78 is 0. The molecule has 1 aromatic rings. The van der Waals surface area contributed by atoms with Crippen molar-refractivity contribution in [1.82, 2.24) is 9.80 Å². The van der Waals surface area contributed by atoms with E-state index in [-0.39, 0.29) is 5.91 Å². The zero-order valence-electron chi connectivity index (χ0n) is 10.9. The predicted molar refractivity (Wildman–Crippen MR) is 72.2 cm³/mol. The van der Waals surface area contributed by atoms with E-state index >= 15 is 0 Å². The normalized spacial score (nSPS) is 18.7. The lowest BCUT2D eigenvalue weighted by Crippen LogP contribution is -2.52. The topological polar surface area (TPSA) is 49.6 Å². The van der Waals surface area contributed by atoms with Crippen molar-refractivity contribution in [2.24, 2.45) is 5.73 Å². The summed E-state index contributed by atoms with van der Waals surface area (Å²) in [5, 5.41) is 0. The van der Waals surface area contributed by atoms with Gasteiger partial charge in [-0.2, -0.15) is 0 Å². The number of carbonyl (C=O) groups is 1. The number of benzene rings is 1. The lowest BCUT2D eigenvalue weighted by atomic mass is 10.1. The van der Waals surface area contributed by atoms with E-state index in [9.17, 15) is 4.79 Å². The first-order valence-corrected chi connectivity index (χ1v) is 6.43. The van der Waals surface area contributed by atoms with Crippen LogP contribution in [0.15, 0.2) is 30.3 Å². The minimum Gasteiger partial charge on any atom is -0.339 e. The standard InChI is InChI=1S/C14H21N3O/c1-16-7-9-17(10-8-16)14(18)13(15)11-12-5-3-2-4-6-12/h2-6,13H,7-11,15H2,1H3/t13-/m0/s1. The van der Waals surface area contributed by atoms with Crippen molar-refractivity contribution in [3.05, 3.63) is 35.9 Å². The Hall–Kier alpha value is -1.39. The molecule has 1 aliphatic heterocycles. The molecule has 1 saturated heterocycles. The SMILES string of the molecule is CN1CCN(C(=O)[C@@H](N)Cc2ccccc2)CC1. The van der Waals surface area contributed by atoms with Crippen LogP contribution in [0, 0.1) is 0 Å². The number of likely N-dealkylation sites (N-methyl/N-ethyl adjacent to an activating group) is 1. The summed E-state index contributed by atoms with van der Waals surface area (Å²) in [7, 11) is 2.08. The maximum Gasteiger partial charge on any atom is 0.239 e. The van der Waals surface area contributed by atoms with Gasteiger partial charge in [-0.1, -0.05) is 30.3 Å². The van der Waals surface area contributed by atoms with Crippen molar-refractivity contribution >= 4 is 5.91 Å². The van der Waals surface area contributed by atoms with Gasteiger partial charge >= 0.3 is 0 Å². The molecular weight excluding hydrogens is 226 g/mol. The number of carbonyl (C=O) groups excluding carboxylic acids is 1. The summed E-state index contributed by atoms with van der Waals surface area (Å²) in [6.45, 7) is 3.45. The number of hydrogen-bond acceptors (Lipinski definition) is 3. The fourth-order valence-electron chi connectivity index (χ4n) is 2.22. The molecule has 1 aliphatic rings. The largest absolute Gasteiger partial charge is 0.339 e. The molecule has 1 heterocycles. The molecule has 4 nitrogen and oxygen atoms in total. The fourth-order valence-corrected chi connectivity index (χ4v) is 2.22. The van der Waals surface area contributed by atoms with Crippen LogP contribution in [0.5, 0.6) is 0 Å². The van der Waals surface area contributed by atoms with Gasteiger partial charge in [-0.05, 0) is 19.0 Å². The van der Waals surface area contributed by atoms with E-state index in [0.29, 0.717) is 6.42 Å². The summed E-state index contributed by atoms with van der Waals surface area (Å²) in [5.74, 6) is 0.0759. The fraction of sp³-hybridized carbons (Fsp3) is 0.500. The Morgan fingerprint density at radius 3 is 2.44 bits per heavy atom. The van der Waals surface area contributed by atoms with Crippen LogP contribution in [0.2, 0.25) is 0 Å². The molecule has 1 fully saturated rings. The molecule has 0 aromatic heterocycles. The van der Waals surface area contributed by atoms with Crippen LogP contribution in [0.4, 0.5) is 0 Å². The average molecular weight is 247 g/mol. The molecule has 0 spiro atoms. The third-order valence-corrected chi connectivity index (χ3v) is 3.43. The van der Waals surface area contributed by atoms with E-state index in [0.717, 1.165) is 31.7 Å². The quantitative estimate of drug-likeness (QED) is 0.837. The van der Waals surface area contributed by atoms with Crippen molar-refractivity contribution in [1.29, 1.82) is 0 Å². The van der Waals surface area contributed by atoms with E-state index in [2.05, 4.69) is 11.9 Å². The lowest BCUT2D eigenvalue weighted by Gasteiger charge is -2.33. The van der Waals surface area contributed by atoms with Gasteiger partial charge in [0.05, 0.1) is 6.04 Å². The molecule has 98 valence electrons. The molecule has 0 aliphatic carbocycles. The van der Waals surface area contributed by atoms with Gasteiger partial charge in [0.15, 0.2) is 0 Å². The van der Waals surface area contributed by atoms with Crippen LogP contribution in [0.3, 0.4) is 0 Å². The number of nitrogens with zero attached hydrogens (tertiary/aromatic N) is 2. The van der Waals surface area contributed by atoms with Crippen molar-refractivity contribution in [2.45, 2.75) is 12.5 Å². The minimum absolute atomic E-state index is 0.0759. The highest BCUT2D eigenvalue weighted by atomic mass is 16.2. The molecule has 4 heteroatoms. The van der Waals surface area contributed by atoms with E-state index in [4.69, 9.17) is 5.73 Å². The number of piperazine rings is 1. The first-order chi connectivity index (χ1) is 8.66. The van der Waals surface area contributed by atoms with Gasteiger partial charge in [0.2, 0.25) is 5.91 Å². The first kappa shape index (κ1) is 13.1. The lowest BCUT2D eigenvalue weighted by molar-refractivity contribution is -0.134. The Labute approximate surface area is 108 Å². The number of hydrogen-bond donors (Lipinski definition) is 1. The van der Waals surface area contributed by atoms with Gasteiger partial charge in [0.1, 0.15) is 0 Å². The van der Waals surface area contributed by atoms with Gasteiger partial charge in [-0.3, -0.25) is 4.79 Å². The maximum atomic E-state index is 12.2. The predicted octanol–water partition coefficient (Wildman–Crippen LogP) is 0.330. The van der Waals surface area contributed by atoms with Crippen LogP contribution in [-0.4, -0.2) is 55.0 Å². The van der Waals surface area contributed by atoms with Crippen molar-refractivity contribution in [2.75, 3.05) is 33.2 Å². The number of amides is 1. The summed E-state index contributed by atoms with van der Waals surface area (Å²) in [4.78, 5) is 16.3. The Kier molecular flexibility index (Phi) is 4.33. The molecule has 0 unspecified atom stereocenters. The Morgan fingerprint density at radius 1 is 1.22 bits per heavy atom. The highest BCUT2D eigenvalue weighted by molar-refractivity contribution is 5.82. The molecular formula is C14H21N3O. The van der Waals surface area contributed by atoms with Gasteiger partial charge in [-0.25, -0.2) is 0 Å². The maximum absolute atomic E-state index is 12.2. The monoisotopic (exact) mass is 247 g/mol. The van der Waals surface area contributed by atoms with E-state index in [1.807, 2.05) is 35.2 Å². The Bertz CT molecular complexity index is 385.